The van der Waals surface area contributed by atoms with Gasteiger partial charge in [-0.3, -0.25) is 0 Å². The summed E-state index contributed by atoms with van der Waals surface area (Å²) in [6.07, 6.45) is 6.31. The summed E-state index contributed by atoms with van der Waals surface area (Å²) in [7, 11) is 0. The number of anilines is 2. The first kappa shape index (κ1) is 12.1. The molecule has 2 rings (SSSR count). The van der Waals surface area contributed by atoms with Crippen molar-refractivity contribution in [2.75, 3.05) is 10.7 Å². The highest BCUT2D eigenvalue weighted by atomic mass is 15.3. The second-order valence-corrected chi connectivity index (χ2v) is 5.08. The molecule has 1 saturated carbocycles. The predicted molar refractivity (Wildman–Crippen MR) is 69.7 cm³/mol. The second kappa shape index (κ2) is 4.87. The Morgan fingerprint density at radius 1 is 1.18 bits per heavy atom. The van der Waals surface area contributed by atoms with E-state index in [0.29, 0.717) is 5.82 Å². The molecule has 0 unspecified atom stereocenters. The topological polar surface area (TPSA) is 75.9 Å². The van der Waals surface area contributed by atoms with Gasteiger partial charge in [0, 0.05) is 11.6 Å². The van der Waals surface area contributed by atoms with Gasteiger partial charge in [0.15, 0.2) is 0 Å². The van der Waals surface area contributed by atoms with Crippen molar-refractivity contribution < 1.29 is 0 Å². The maximum Gasteiger partial charge on any atom is 0.145 e. The first-order valence-corrected chi connectivity index (χ1v) is 6.22. The Bertz CT molecular complexity index is 384. The number of rotatable bonds is 3. The average molecular weight is 235 g/mol. The van der Waals surface area contributed by atoms with Gasteiger partial charge in [0.05, 0.1) is 0 Å². The van der Waals surface area contributed by atoms with Crippen LogP contribution < -0.4 is 16.6 Å². The third kappa shape index (κ3) is 3.06. The third-order valence-corrected chi connectivity index (χ3v) is 3.37. The minimum absolute atomic E-state index is 0.158. The molecule has 0 spiro atoms. The van der Waals surface area contributed by atoms with Gasteiger partial charge in [-0.1, -0.05) is 19.3 Å². The van der Waals surface area contributed by atoms with E-state index in [1.807, 2.05) is 13.0 Å². The number of nitrogens with two attached hydrogens (primary N) is 1. The van der Waals surface area contributed by atoms with Gasteiger partial charge in [-0.05, 0) is 26.7 Å². The van der Waals surface area contributed by atoms with Crippen LogP contribution in [-0.4, -0.2) is 15.5 Å². The van der Waals surface area contributed by atoms with E-state index in [0.717, 1.165) is 11.6 Å². The lowest BCUT2D eigenvalue weighted by Gasteiger charge is -2.35. The maximum atomic E-state index is 5.39. The number of aromatic nitrogens is 2. The van der Waals surface area contributed by atoms with Crippen LogP contribution in [-0.2, 0) is 0 Å². The van der Waals surface area contributed by atoms with Crippen molar-refractivity contribution >= 4 is 11.6 Å². The molecular weight excluding hydrogens is 214 g/mol. The molecule has 5 nitrogen and oxygen atoms in total. The standard InChI is InChI=1S/C12H21N5/c1-9-14-10(8-11(15-9)17-13)16-12(2)6-4-3-5-7-12/h8H,3-7,13H2,1-2H3,(H2,14,15,16,17). The van der Waals surface area contributed by atoms with E-state index in [9.17, 15) is 0 Å². The first-order valence-electron chi connectivity index (χ1n) is 6.22. The van der Waals surface area contributed by atoms with E-state index in [2.05, 4.69) is 27.6 Å². The zero-order chi connectivity index (χ0) is 12.3. The van der Waals surface area contributed by atoms with Gasteiger partial charge < -0.3 is 10.7 Å². The van der Waals surface area contributed by atoms with Gasteiger partial charge in [-0.2, -0.15) is 0 Å². The average Bonchev–Trinajstić information content (AvgIpc) is 2.28. The van der Waals surface area contributed by atoms with E-state index in [-0.39, 0.29) is 5.54 Å². The highest BCUT2D eigenvalue weighted by Gasteiger charge is 2.26. The molecule has 17 heavy (non-hydrogen) atoms. The molecule has 0 atom stereocenters. The lowest BCUT2D eigenvalue weighted by Crippen LogP contribution is -2.37. The van der Waals surface area contributed by atoms with Crippen LogP contribution >= 0.6 is 0 Å². The molecule has 0 radical (unpaired) electrons. The van der Waals surface area contributed by atoms with Crippen molar-refractivity contribution in [1.29, 1.82) is 0 Å². The summed E-state index contributed by atoms with van der Waals surface area (Å²) >= 11 is 0. The summed E-state index contributed by atoms with van der Waals surface area (Å²) in [5, 5.41) is 3.53. The molecule has 1 aromatic heterocycles. The molecule has 1 fully saturated rings. The summed E-state index contributed by atoms with van der Waals surface area (Å²) in [5.74, 6) is 7.62. The van der Waals surface area contributed by atoms with Gasteiger partial charge in [-0.15, -0.1) is 0 Å². The fourth-order valence-corrected chi connectivity index (χ4v) is 2.47. The molecule has 0 bridgehead atoms. The van der Waals surface area contributed by atoms with E-state index < -0.39 is 0 Å². The van der Waals surface area contributed by atoms with Crippen LogP contribution in [0.5, 0.6) is 0 Å². The molecule has 1 heterocycles. The van der Waals surface area contributed by atoms with Gasteiger partial charge in [0.1, 0.15) is 17.5 Å². The van der Waals surface area contributed by atoms with Crippen molar-refractivity contribution in [3.63, 3.8) is 0 Å². The minimum Gasteiger partial charge on any atom is -0.365 e. The van der Waals surface area contributed by atoms with Crippen molar-refractivity contribution in [3.05, 3.63) is 11.9 Å². The SMILES string of the molecule is Cc1nc(NN)cc(NC2(C)CCCCC2)n1. The Kier molecular flexibility index (Phi) is 3.47. The molecule has 1 aromatic rings. The van der Waals surface area contributed by atoms with Gasteiger partial charge >= 0.3 is 0 Å². The van der Waals surface area contributed by atoms with Crippen LogP contribution in [0.25, 0.3) is 0 Å². The Balaban J connectivity index is 2.14. The Hall–Kier alpha value is -1.36. The van der Waals surface area contributed by atoms with Crippen molar-refractivity contribution in [2.45, 2.75) is 51.5 Å². The van der Waals surface area contributed by atoms with Gasteiger partial charge in [0.25, 0.3) is 0 Å². The van der Waals surface area contributed by atoms with Gasteiger partial charge in [-0.25, -0.2) is 15.8 Å². The Labute approximate surface area is 102 Å². The highest BCUT2D eigenvalue weighted by molar-refractivity contribution is 5.48. The smallest absolute Gasteiger partial charge is 0.145 e. The van der Waals surface area contributed by atoms with Crippen molar-refractivity contribution in [2.24, 2.45) is 5.84 Å². The molecule has 5 heteroatoms. The van der Waals surface area contributed by atoms with Crippen molar-refractivity contribution in [1.82, 2.24) is 9.97 Å². The number of hydrogen-bond acceptors (Lipinski definition) is 5. The molecule has 1 aliphatic carbocycles. The number of hydrazine groups is 1. The molecule has 0 amide bonds. The predicted octanol–water partition coefficient (Wildman–Crippen LogP) is 2.21. The zero-order valence-electron chi connectivity index (χ0n) is 10.6. The molecule has 4 N–H and O–H groups in total. The molecule has 94 valence electrons. The number of nitrogens with zero attached hydrogens (tertiary/aromatic N) is 2. The van der Waals surface area contributed by atoms with Crippen LogP contribution in [0.1, 0.15) is 44.9 Å². The Morgan fingerprint density at radius 2 is 1.82 bits per heavy atom. The summed E-state index contributed by atoms with van der Waals surface area (Å²) < 4.78 is 0. The molecule has 0 saturated heterocycles. The summed E-state index contributed by atoms with van der Waals surface area (Å²) in [6, 6.07) is 1.85. The van der Waals surface area contributed by atoms with Crippen LogP contribution in [0.3, 0.4) is 0 Å². The lowest BCUT2D eigenvalue weighted by molar-refractivity contribution is 0.348. The Morgan fingerprint density at radius 3 is 2.47 bits per heavy atom. The fraction of sp³-hybridized carbons (Fsp3) is 0.667. The van der Waals surface area contributed by atoms with Gasteiger partial charge in [0.2, 0.25) is 0 Å². The molecule has 1 aliphatic rings. The number of nitrogens with one attached hydrogen (secondary N) is 2. The number of hydrogen-bond donors (Lipinski definition) is 3. The van der Waals surface area contributed by atoms with E-state index in [1.165, 1.54) is 32.1 Å². The minimum atomic E-state index is 0.158. The monoisotopic (exact) mass is 235 g/mol. The zero-order valence-corrected chi connectivity index (χ0v) is 10.6. The second-order valence-electron chi connectivity index (χ2n) is 5.08. The maximum absolute atomic E-state index is 5.39. The summed E-state index contributed by atoms with van der Waals surface area (Å²) in [6.45, 7) is 4.13. The third-order valence-electron chi connectivity index (χ3n) is 3.37. The summed E-state index contributed by atoms with van der Waals surface area (Å²) in [4.78, 5) is 8.58. The number of nitrogen functional groups attached to an aromatic ring is 1. The van der Waals surface area contributed by atoms with Crippen LogP contribution in [0.15, 0.2) is 6.07 Å². The first-order chi connectivity index (χ1) is 8.11. The lowest BCUT2D eigenvalue weighted by atomic mass is 9.83. The number of aryl methyl sites for hydroxylation is 1. The molecular formula is C12H21N5. The largest absolute Gasteiger partial charge is 0.365 e. The quantitative estimate of drug-likeness (QED) is 0.553. The van der Waals surface area contributed by atoms with Crippen molar-refractivity contribution in [3.8, 4) is 0 Å². The highest BCUT2D eigenvalue weighted by Crippen LogP contribution is 2.30. The van der Waals surface area contributed by atoms with E-state index in [4.69, 9.17) is 5.84 Å². The van der Waals surface area contributed by atoms with Crippen LogP contribution in [0, 0.1) is 6.92 Å². The molecule has 0 aliphatic heterocycles. The summed E-state index contributed by atoms with van der Waals surface area (Å²) in [5.41, 5.74) is 2.72. The fourth-order valence-electron chi connectivity index (χ4n) is 2.47. The van der Waals surface area contributed by atoms with Crippen LogP contribution in [0.4, 0.5) is 11.6 Å². The van der Waals surface area contributed by atoms with E-state index in [1.54, 1.807) is 0 Å². The normalized spacial score (nSPS) is 18.8. The van der Waals surface area contributed by atoms with E-state index >= 15 is 0 Å². The molecule has 0 aromatic carbocycles. The van der Waals surface area contributed by atoms with Crippen LogP contribution in [0.2, 0.25) is 0 Å².